The maximum atomic E-state index is 5.70. The number of hydrogen-bond donors (Lipinski definition) is 2. The van der Waals surface area contributed by atoms with Crippen molar-refractivity contribution in [3.8, 4) is 17.4 Å². The van der Waals surface area contributed by atoms with Gasteiger partial charge in [-0.3, -0.25) is 0 Å². The van der Waals surface area contributed by atoms with Gasteiger partial charge in [0.05, 0.1) is 32.6 Å². The number of aromatic nitrogens is 1. The summed E-state index contributed by atoms with van der Waals surface area (Å²) in [6.45, 7) is 9.22. The van der Waals surface area contributed by atoms with E-state index in [0.29, 0.717) is 25.6 Å². The predicted octanol–water partition coefficient (Wildman–Crippen LogP) is 3.19. The van der Waals surface area contributed by atoms with Crippen molar-refractivity contribution in [2.24, 2.45) is 4.99 Å². The summed E-state index contributed by atoms with van der Waals surface area (Å²) in [5, 5.41) is 6.63. The van der Waals surface area contributed by atoms with E-state index in [4.69, 9.17) is 14.2 Å². The summed E-state index contributed by atoms with van der Waals surface area (Å²) >= 11 is 0. The lowest BCUT2D eigenvalue weighted by Gasteiger charge is -2.14. The van der Waals surface area contributed by atoms with Crippen LogP contribution in [0.25, 0.3) is 0 Å². The Balaban J connectivity index is 1.95. The molecule has 0 saturated carbocycles. The Morgan fingerprint density at radius 3 is 2.52 bits per heavy atom. The van der Waals surface area contributed by atoms with Crippen LogP contribution in [0, 0.1) is 0 Å². The second-order valence-electron chi connectivity index (χ2n) is 6.19. The van der Waals surface area contributed by atoms with Crippen molar-refractivity contribution in [2.75, 3.05) is 33.4 Å². The first-order valence-corrected chi connectivity index (χ1v) is 10.1. The summed E-state index contributed by atoms with van der Waals surface area (Å²) in [4.78, 5) is 9.00. The first kappa shape index (κ1) is 22.3. The van der Waals surface area contributed by atoms with Crippen molar-refractivity contribution in [3.05, 3.63) is 47.7 Å². The molecule has 1 aromatic carbocycles. The summed E-state index contributed by atoms with van der Waals surface area (Å²) in [5.41, 5.74) is 2.03. The number of methoxy groups -OCH3 is 1. The maximum Gasteiger partial charge on any atom is 0.213 e. The maximum absolute atomic E-state index is 5.70. The molecule has 0 unspecified atom stereocenters. The number of pyridine rings is 1. The number of hydrogen-bond acceptors (Lipinski definition) is 5. The lowest BCUT2D eigenvalue weighted by molar-refractivity contribution is 0.287. The highest BCUT2D eigenvalue weighted by molar-refractivity contribution is 5.79. The van der Waals surface area contributed by atoms with Crippen LogP contribution in [0.2, 0.25) is 0 Å². The van der Waals surface area contributed by atoms with Crippen LogP contribution >= 0.6 is 0 Å². The molecule has 29 heavy (non-hydrogen) atoms. The van der Waals surface area contributed by atoms with Crippen molar-refractivity contribution in [2.45, 2.75) is 33.7 Å². The van der Waals surface area contributed by atoms with Gasteiger partial charge < -0.3 is 24.8 Å². The Kier molecular flexibility index (Phi) is 9.62. The third kappa shape index (κ3) is 7.52. The molecule has 2 N–H and O–H groups in total. The number of aliphatic imine (C=N–C) groups is 1. The van der Waals surface area contributed by atoms with Crippen LogP contribution in [0.4, 0.5) is 0 Å². The third-order valence-corrected chi connectivity index (χ3v) is 4.05. The minimum absolute atomic E-state index is 0.476. The molecule has 0 atom stereocenters. The monoisotopic (exact) mass is 400 g/mol. The lowest BCUT2D eigenvalue weighted by atomic mass is 10.1. The molecule has 0 spiro atoms. The van der Waals surface area contributed by atoms with Crippen LogP contribution in [0.3, 0.4) is 0 Å². The zero-order valence-corrected chi connectivity index (χ0v) is 17.8. The summed E-state index contributed by atoms with van der Waals surface area (Å²) in [6.07, 6.45) is 0.842. The Labute approximate surface area is 173 Å². The highest BCUT2D eigenvalue weighted by atomic mass is 16.5. The molecule has 0 amide bonds. The molecule has 7 heteroatoms. The molecule has 0 radical (unpaired) electrons. The van der Waals surface area contributed by atoms with E-state index >= 15 is 0 Å². The van der Waals surface area contributed by atoms with Crippen molar-refractivity contribution in [3.63, 3.8) is 0 Å². The molecule has 2 rings (SSSR count). The normalized spacial score (nSPS) is 11.1. The topological polar surface area (TPSA) is 77.0 Å². The van der Waals surface area contributed by atoms with Gasteiger partial charge in [0.1, 0.15) is 0 Å². The number of rotatable bonds is 11. The van der Waals surface area contributed by atoms with Crippen LogP contribution in [-0.2, 0) is 13.0 Å². The first-order chi connectivity index (χ1) is 14.2. The molecular formula is C22H32N4O3. The second kappa shape index (κ2) is 12.5. The molecule has 0 aliphatic rings. The Hall–Kier alpha value is -2.96. The van der Waals surface area contributed by atoms with Gasteiger partial charge in [-0.15, -0.1) is 0 Å². The second-order valence-corrected chi connectivity index (χ2v) is 6.19. The Morgan fingerprint density at radius 2 is 1.79 bits per heavy atom. The fourth-order valence-electron chi connectivity index (χ4n) is 2.74. The summed E-state index contributed by atoms with van der Waals surface area (Å²) in [7, 11) is 1.61. The van der Waals surface area contributed by atoms with E-state index in [2.05, 4.69) is 26.7 Å². The molecule has 0 fully saturated rings. The number of nitrogens with one attached hydrogen (secondary N) is 2. The van der Waals surface area contributed by atoms with E-state index in [0.717, 1.165) is 42.7 Å². The lowest BCUT2D eigenvalue weighted by Crippen LogP contribution is -2.38. The standard InChI is InChI=1S/C22H32N4O3/c1-5-23-22(25-16-18-9-8-10-21(26-18)27-4)24-14-13-17-11-12-19(28-6-2)20(15-17)29-7-3/h8-12,15H,5-7,13-14,16H2,1-4H3,(H2,23,24,25). The van der Waals surface area contributed by atoms with E-state index in [9.17, 15) is 0 Å². The Bertz CT molecular complexity index is 780. The quantitative estimate of drug-likeness (QED) is 0.446. The van der Waals surface area contributed by atoms with Crippen LogP contribution < -0.4 is 24.8 Å². The minimum Gasteiger partial charge on any atom is -0.490 e. The SMILES string of the molecule is CCNC(=NCc1cccc(OC)n1)NCCc1ccc(OCC)c(OCC)c1. The Morgan fingerprint density at radius 1 is 1.00 bits per heavy atom. The molecule has 0 saturated heterocycles. The third-order valence-electron chi connectivity index (χ3n) is 4.05. The van der Waals surface area contributed by atoms with Gasteiger partial charge in [-0.2, -0.15) is 0 Å². The fraction of sp³-hybridized carbons (Fsp3) is 0.455. The summed E-state index contributed by atoms with van der Waals surface area (Å²) in [5.74, 6) is 2.92. The zero-order valence-electron chi connectivity index (χ0n) is 17.8. The summed E-state index contributed by atoms with van der Waals surface area (Å²) < 4.78 is 16.5. The van der Waals surface area contributed by atoms with Crippen molar-refractivity contribution in [1.29, 1.82) is 0 Å². The fourth-order valence-corrected chi connectivity index (χ4v) is 2.74. The predicted molar refractivity (Wildman–Crippen MR) is 116 cm³/mol. The van der Waals surface area contributed by atoms with E-state index in [1.807, 2.05) is 51.1 Å². The molecule has 7 nitrogen and oxygen atoms in total. The van der Waals surface area contributed by atoms with Gasteiger partial charge in [0, 0.05) is 19.2 Å². The van der Waals surface area contributed by atoms with Gasteiger partial charge in [-0.1, -0.05) is 12.1 Å². The van der Waals surface area contributed by atoms with Crippen LogP contribution in [0.5, 0.6) is 17.4 Å². The number of guanidine groups is 1. The van der Waals surface area contributed by atoms with Crippen LogP contribution in [0.1, 0.15) is 32.0 Å². The van der Waals surface area contributed by atoms with Crippen LogP contribution in [0.15, 0.2) is 41.4 Å². The number of nitrogens with zero attached hydrogens (tertiary/aromatic N) is 2. The van der Waals surface area contributed by atoms with E-state index in [1.54, 1.807) is 7.11 Å². The van der Waals surface area contributed by atoms with Gasteiger partial charge in [-0.05, 0) is 51.0 Å². The molecule has 0 bridgehead atoms. The van der Waals surface area contributed by atoms with E-state index < -0.39 is 0 Å². The molecule has 0 aliphatic carbocycles. The van der Waals surface area contributed by atoms with Gasteiger partial charge >= 0.3 is 0 Å². The number of benzene rings is 1. The van der Waals surface area contributed by atoms with Crippen molar-refractivity contribution < 1.29 is 14.2 Å². The number of ether oxygens (including phenoxy) is 3. The molecule has 0 aliphatic heterocycles. The van der Waals surface area contributed by atoms with Gasteiger partial charge in [0.15, 0.2) is 17.5 Å². The molecular weight excluding hydrogens is 368 g/mol. The average molecular weight is 401 g/mol. The van der Waals surface area contributed by atoms with Crippen LogP contribution in [-0.4, -0.2) is 44.4 Å². The highest BCUT2D eigenvalue weighted by Gasteiger charge is 2.07. The van der Waals surface area contributed by atoms with E-state index in [-0.39, 0.29) is 0 Å². The van der Waals surface area contributed by atoms with E-state index in [1.165, 1.54) is 5.56 Å². The summed E-state index contributed by atoms with van der Waals surface area (Å²) in [6, 6.07) is 11.8. The highest BCUT2D eigenvalue weighted by Crippen LogP contribution is 2.28. The van der Waals surface area contributed by atoms with Gasteiger partial charge in [-0.25, -0.2) is 9.98 Å². The smallest absolute Gasteiger partial charge is 0.213 e. The zero-order chi connectivity index (χ0) is 20.9. The van der Waals surface area contributed by atoms with Crippen molar-refractivity contribution in [1.82, 2.24) is 15.6 Å². The molecule has 2 aromatic rings. The largest absolute Gasteiger partial charge is 0.490 e. The minimum atomic E-state index is 0.476. The molecule has 158 valence electrons. The van der Waals surface area contributed by atoms with Crippen molar-refractivity contribution >= 4 is 5.96 Å². The van der Waals surface area contributed by atoms with Gasteiger partial charge in [0.2, 0.25) is 5.88 Å². The first-order valence-electron chi connectivity index (χ1n) is 10.1. The van der Waals surface area contributed by atoms with Gasteiger partial charge in [0.25, 0.3) is 0 Å². The molecule has 1 heterocycles. The average Bonchev–Trinajstić information content (AvgIpc) is 2.74. The molecule has 1 aromatic heterocycles.